The highest BCUT2D eigenvalue weighted by Gasteiger charge is 2.34. The molecule has 0 unspecified atom stereocenters. The third kappa shape index (κ3) is 3.20. The van der Waals surface area contributed by atoms with Crippen LogP contribution in [0.15, 0.2) is 23.1 Å². The van der Waals surface area contributed by atoms with Gasteiger partial charge < -0.3 is 4.74 Å². The van der Waals surface area contributed by atoms with Gasteiger partial charge in [0.25, 0.3) is 0 Å². The number of ether oxygens (including phenoxy) is 1. The summed E-state index contributed by atoms with van der Waals surface area (Å²) in [5.41, 5.74) is 0. The molecule has 2 atom stereocenters. The Balaban J connectivity index is 2.23. The van der Waals surface area contributed by atoms with Crippen molar-refractivity contribution in [2.24, 2.45) is 0 Å². The van der Waals surface area contributed by atoms with E-state index in [2.05, 4.69) is 4.72 Å². The lowest BCUT2D eigenvalue weighted by molar-refractivity contribution is -0.140. The second kappa shape index (κ2) is 5.28. The van der Waals surface area contributed by atoms with E-state index in [0.29, 0.717) is 0 Å². The highest BCUT2D eigenvalue weighted by molar-refractivity contribution is 7.89. The summed E-state index contributed by atoms with van der Waals surface area (Å²) in [5.74, 6) is -0.422. The third-order valence-electron chi connectivity index (χ3n) is 2.78. The van der Waals surface area contributed by atoms with E-state index in [4.69, 9.17) is 27.9 Å². The maximum Gasteiger partial charge on any atom is 0.307 e. The van der Waals surface area contributed by atoms with Gasteiger partial charge in [-0.1, -0.05) is 23.2 Å². The van der Waals surface area contributed by atoms with Gasteiger partial charge in [0.1, 0.15) is 6.10 Å². The number of sulfonamides is 1. The number of cyclic esters (lactones) is 1. The number of halogens is 2. The Morgan fingerprint density at radius 1 is 1.32 bits per heavy atom. The van der Waals surface area contributed by atoms with Crippen LogP contribution in [0.2, 0.25) is 10.0 Å². The average Bonchev–Trinajstić information content (AvgIpc) is 2.60. The minimum absolute atomic E-state index is 0.00607. The summed E-state index contributed by atoms with van der Waals surface area (Å²) in [6, 6.07) is 3.43. The molecule has 1 fully saturated rings. The molecule has 0 aliphatic carbocycles. The van der Waals surface area contributed by atoms with Gasteiger partial charge in [0.05, 0.1) is 27.4 Å². The molecule has 0 amide bonds. The third-order valence-corrected chi connectivity index (χ3v) is 5.01. The van der Waals surface area contributed by atoms with E-state index in [0.717, 1.165) is 0 Å². The van der Waals surface area contributed by atoms with E-state index in [1.807, 2.05) is 0 Å². The highest BCUT2D eigenvalue weighted by Crippen LogP contribution is 2.25. The number of rotatable bonds is 3. The Kier molecular flexibility index (Phi) is 4.06. The Morgan fingerprint density at radius 2 is 2.00 bits per heavy atom. The van der Waals surface area contributed by atoms with Crippen LogP contribution in [-0.2, 0) is 19.6 Å². The summed E-state index contributed by atoms with van der Waals surface area (Å²) in [7, 11) is -3.76. The van der Waals surface area contributed by atoms with E-state index >= 15 is 0 Å². The lowest BCUT2D eigenvalue weighted by atomic mass is 10.2. The summed E-state index contributed by atoms with van der Waals surface area (Å²) >= 11 is 11.5. The molecule has 1 aromatic rings. The minimum Gasteiger partial charge on any atom is -0.461 e. The number of nitrogens with one attached hydrogen (secondary N) is 1. The molecule has 1 aliphatic heterocycles. The molecule has 0 bridgehead atoms. The van der Waals surface area contributed by atoms with Crippen LogP contribution < -0.4 is 4.72 Å². The Hall–Kier alpha value is -0.820. The fraction of sp³-hybridized carbons (Fsp3) is 0.364. The van der Waals surface area contributed by atoms with E-state index in [-0.39, 0.29) is 21.4 Å². The predicted molar refractivity (Wildman–Crippen MR) is 70.7 cm³/mol. The Labute approximate surface area is 120 Å². The number of carbonyl (C=O) groups is 1. The van der Waals surface area contributed by atoms with Crippen LogP contribution in [0.1, 0.15) is 13.3 Å². The molecule has 104 valence electrons. The topological polar surface area (TPSA) is 72.5 Å². The first-order valence-electron chi connectivity index (χ1n) is 5.46. The van der Waals surface area contributed by atoms with Crippen molar-refractivity contribution in [1.82, 2.24) is 4.72 Å². The first-order chi connectivity index (χ1) is 8.79. The molecule has 5 nitrogen and oxygen atoms in total. The van der Waals surface area contributed by atoms with Crippen LogP contribution in [0.5, 0.6) is 0 Å². The average molecular weight is 324 g/mol. The van der Waals surface area contributed by atoms with Crippen LogP contribution in [-0.4, -0.2) is 26.5 Å². The summed E-state index contributed by atoms with van der Waals surface area (Å²) in [4.78, 5) is 11.1. The SMILES string of the molecule is C[C@H]1OC(=O)C[C@H]1NS(=O)(=O)c1ccc(Cl)c(Cl)c1. The van der Waals surface area contributed by atoms with E-state index in [9.17, 15) is 13.2 Å². The molecular weight excluding hydrogens is 313 g/mol. The zero-order chi connectivity index (χ0) is 14.2. The van der Waals surface area contributed by atoms with Gasteiger partial charge in [0, 0.05) is 0 Å². The monoisotopic (exact) mass is 323 g/mol. The van der Waals surface area contributed by atoms with Crippen molar-refractivity contribution in [1.29, 1.82) is 0 Å². The summed E-state index contributed by atoms with van der Waals surface area (Å²) in [6.07, 6.45) is -0.480. The number of esters is 1. The van der Waals surface area contributed by atoms with Crippen molar-refractivity contribution < 1.29 is 17.9 Å². The lowest BCUT2D eigenvalue weighted by Crippen LogP contribution is -2.39. The second-order valence-corrected chi connectivity index (χ2v) is 6.73. The lowest BCUT2D eigenvalue weighted by Gasteiger charge is -2.15. The molecule has 1 saturated heterocycles. The number of hydrogen-bond acceptors (Lipinski definition) is 4. The smallest absolute Gasteiger partial charge is 0.307 e. The zero-order valence-electron chi connectivity index (χ0n) is 9.89. The molecule has 8 heteroatoms. The first-order valence-corrected chi connectivity index (χ1v) is 7.70. The quantitative estimate of drug-likeness (QED) is 0.863. The second-order valence-electron chi connectivity index (χ2n) is 4.20. The molecule has 1 N–H and O–H groups in total. The molecule has 0 aromatic heterocycles. The first kappa shape index (κ1) is 14.6. The van der Waals surface area contributed by atoms with Crippen molar-refractivity contribution in [2.75, 3.05) is 0 Å². The molecule has 0 spiro atoms. The normalized spacial score (nSPS) is 23.4. The van der Waals surface area contributed by atoms with E-state index < -0.39 is 28.1 Å². The molecule has 1 aliphatic rings. The predicted octanol–water partition coefficient (Wildman–Crippen LogP) is 1.98. The Morgan fingerprint density at radius 3 is 2.53 bits per heavy atom. The van der Waals surface area contributed by atoms with Crippen LogP contribution >= 0.6 is 23.2 Å². The van der Waals surface area contributed by atoms with Crippen LogP contribution in [0.25, 0.3) is 0 Å². The molecule has 1 aromatic carbocycles. The van der Waals surface area contributed by atoms with Gasteiger partial charge in [-0.2, -0.15) is 0 Å². The van der Waals surface area contributed by atoms with Gasteiger partial charge in [0.2, 0.25) is 10.0 Å². The molecule has 19 heavy (non-hydrogen) atoms. The van der Waals surface area contributed by atoms with Crippen LogP contribution in [0.4, 0.5) is 0 Å². The Bertz CT molecular complexity index is 617. The van der Waals surface area contributed by atoms with Crippen LogP contribution in [0, 0.1) is 0 Å². The van der Waals surface area contributed by atoms with Crippen molar-refractivity contribution in [3.63, 3.8) is 0 Å². The summed E-state index contributed by atoms with van der Waals surface area (Å²) < 4.78 is 31.6. The molecule has 2 rings (SSSR count). The number of hydrogen-bond donors (Lipinski definition) is 1. The van der Waals surface area contributed by atoms with Gasteiger partial charge >= 0.3 is 5.97 Å². The van der Waals surface area contributed by atoms with Gasteiger partial charge in [-0.05, 0) is 25.1 Å². The maximum absolute atomic E-state index is 12.1. The number of carbonyl (C=O) groups excluding carboxylic acids is 1. The van der Waals surface area contributed by atoms with E-state index in [1.165, 1.54) is 18.2 Å². The fourth-order valence-corrected chi connectivity index (χ4v) is 3.42. The highest BCUT2D eigenvalue weighted by atomic mass is 35.5. The summed E-state index contributed by atoms with van der Waals surface area (Å²) in [6.45, 7) is 1.63. The zero-order valence-corrected chi connectivity index (χ0v) is 12.2. The largest absolute Gasteiger partial charge is 0.461 e. The molecular formula is C11H11Cl2NO4S. The van der Waals surface area contributed by atoms with Gasteiger partial charge in [-0.25, -0.2) is 13.1 Å². The summed E-state index contributed by atoms with van der Waals surface area (Å²) in [5, 5.41) is 0.421. The minimum atomic E-state index is -3.76. The van der Waals surface area contributed by atoms with Gasteiger partial charge in [0.15, 0.2) is 0 Å². The molecule has 0 radical (unpaired) electrons. The van der Waals surface area contributed by atoms with Crippen molar-refractivity contribution in [2.45, 2.75) is 30.4 Å². The molecule has 1 heterocycles. The van der Waals surface area contributed by atoms with Crippen molar-refractivity contribution >= 4 is 39.2 Å². The van der Waals surface area contributed by atoms with Crippen LogP contribution in [0.3, 0.4) is 0 Å². The molecule has 0 saturated carbocycles. The van der Waals surface area contributed by atoms with Gasteiger partial charge in [-0.15, -0.1) is 0 Å². The standard InChI is InChI=1S/C11H11Cl2NO4S/c1-6-10(5-11(15)18-6)14-19(16,17)7-2-3-8(12)9(13)4-7/h2-4,6,10,14H,5H2,1H3/t6-,10-/m1/s1. The number of benzene rings is 1. The van der Waals surface area contributed by atoms with Crippen molar-refractivity contribution in [3.05, 3.63) is 28.2 Å². The maximum atomic E-state index is 12.1. The van der Waals surface area contributed by atoms with Gasteiger partial charge in [-0.3, -0.25) is 4.79 Å². The fourth-order valence-electron chi connectivity index (χ4n) is 1.73. The van der Waals surface area contributed by atoms with Crippen molar-refractivity contribution in [3.8, 4) is 0 Å². The van der Waals surface area contributed by atoms with E-state index in [1.54, 1.807) is 6.92 Å².